The van der Waals surface area contributed by atoms with Gasteiger partial charge in [-0.25, -0.2) is 0 Å². The van der Waals surface area contributed by atoms with Gasteiger partial charge in [0, 0.05) is 46.8 Å². The van der Waals surface area contributed by atoms with Crippen LogP contribution in [0.15, 0.2) is 70.0 Å². The molecule has 0 spiro atoms. The van der Waals surface area contributed by atoms with Crippen LogP contribution in [0.5, 0.6) is 0 Å². The number of anilines is 1. The van der Waals surface area contributed by atoms with E-state index in [-0.39, 0.29) is 17.4 Å². The maximum absolute atomic E-state index is 12.8. The molecule has 4 rings (SSSR count). The Hall–Kier alpha value is -2.28. The minimum Gasteiger partial charge on any atom is -0.455 e. The number of amides is 1. The van der Waals surface area contributed by atoms with Crippen molar-refractivity contribution in [1.82, 2.24) is 4.90 Å². The number of piperazine rings is 1. The molecule has 30 heavy (non-hydrogen) atoms. The van der Waals surface area contributed by atoms with Crippen LogP contribution in [-0.4, -0.2) is 41.2 Å². The van der Waals surface area contributed by atoms with Gasteiger partial charge in [-0.1, -0.05) is 23.2 Å². The zero-order chi connectivity index (χ0) is 21.1. The summed E-state index contributed by atoms with van der Waals surface area (Å²) in [7, 11) is -1.27. The number of benzene rings is 2. The van der Waals surface area contributed by atoms with Gasteiger partial charge in [0.2, 0.25) is 0 Å². The van der Waals surface area contributed by atoms with Crippen LogP contribution in [0, 0.1) is 0 Å². The van der Waals surface area contributed by atoms with Crippen molar-refractivity contribution in [3.05, 3.63) is 82.2 Å². The lowest BCUT2D eigenvalue weighted by Gasteiger charge is -2.35. The highest BCUT2D eigenvalue weighted by Gasteiger charge is 2.24. The van der Waals surface area contributed by atoms with E-state index in [1.807, 2.05) is 24.3 Å². The second kappa shape index (κ2) is 9.25. The number of carbonyl (C=O) groups excluding carboxylic acids is 1. The molecule has 0 N–H and O–H groups in total. The van der Waals surface area contributed by atoms with E-state index in [1.54, 1.807) is 41.3 Å². The van der Waals surface area contributed by atoms with Gasteiger partial charge in [-0.2, -0.15) is 0 Å². The van der Waals surface area contributed by atoms with Crippen molar-refractivity contribution in [1.29, 1.82) is 0 Å². The summed E-state index contributed by atoms with van der Waals surface area (Å²) < 4.78 is 18.2. The van der Waals surface area contributed by atoms with Crippen molar-refractivity contribution in [3.8, 4) is 0 Å². The Balaban J connectivity index is 1.34. The largest absolute Gasteiger partial charge is 0.455 e. The fourth-order valence-electron chi connectivity index (χ4n) is 3.34. The number of nitrogens with zero attached hydrogens (tertiary/aromatic N) is 2. The zero-order valence-electron chi connectivity index (χ0n) is 16.1. The summed E-state index contributed by atoms with van der Waals surface area (Å²) in [5.41, 5.74) is 1.09. The Kier molecular flexibility index (Phi) is 6.46. The van der Waals surface area contributed by atoms with Crippen LogP contribution in [0.2, 0.25) is 10.0 Å². The van der Waals surface area contributed by atoms with Crippen molar-refractivity contribution < 1.29 is 13.4 Å². The molecule has 0 saturated carbocycles. The van der Waals surface area contributed by atoms with E-state index in [0.29, 0.717) is 33.8 Å². The van der Waals surface area contributed by atoms with Gasteiger partial charge in [0.1, 0.15) is 5.76 Å². The molecule has 1 saturated heterocycles. The van der Waals surface area contributed by atoms with Gasteiger partial charge in [0.05, 0.1) is 16.6 Å². The maximum atomic E-state index is 12.8. The highest BCUT2D eigenvalue weighted by Crippen LogP contribution is 2.21. The Labute approximate surface area is 187 Å². The molecule has 8 heteroatoms. The van der Waals surface area contributed by atoms with Gasteiger partial charge >= 0.3 is 0 Å². The first kappa shape index (κ1) is 21.0. The third-order valence-electron chi connectivity index (χ3n) is 4.98. The lowest BCUT2D eigenvalue weighted by atomic mass is 10.2. The molecular formula is C22H20Cl2N2O3S. The number of halogens is 2. The quantitative estimate of drug-likeness (QED) is 0.543. The summed E-state index contributed by atoms with van der Waals surface area (Å²) in [6.07, 6.45) is 0. The third-order valence-corrected chi connectivity index (χ3v) is 6.83. The second-order valence-corrected chi connectivity index (χ2v) is 9.29. The van der Waals surface area contributed by atoms with Crippen molar-refractivity contribution in [2.75, 3.05) is 31.1 Å². The molecule has 0 radical (unpaired) electrons. The number of rotatable bonds is 5. The molecule has 1 aromatic heterocycles. The normalized spacial score (nSPS) is 15.3. The highest BCUT2D eigenvalue weighted by atomic mass is 35.5. The molecule has 1 fully saturated rings. The van der Waals surface area contributed by atoms with E-state index in [0.717, 1.165) is 18.8 Å². The van der Waals surface area contributed by atoms with Crippen LogP contribution in [0.1, 0.15) is 16.3 Å². The second-order valence-electron chi connectivity index (χ2n) is 6.97. The molecule has 0 bridgehead atoms. The maximum Gasteiger partial charge on any atom is 0.289 e. The lowest BCUT2D eigenvalue weighted by molar-refractivity contribution is 0.0713. The van der Waals surface area contributed by atoms with Crippen LogP contribution in [0.4, 0.5) is 5.69 Å². The first-order valence-corrected chi connectivity index (χ1v) is 11.6. The molecule has 0 aliphatic carbocycles. The fraction of sp³-hybridized carbons (Fsp3) is 0.227. The Morgan fingerprint density at radius 2 is 1.47 bits per heavy atom. The van der Waals surface area contributed by atoms with Gasteiger partial charge in [-0.15, -0.1) is 0 Å². The van der Waals surface area contributed by atoms with Crippen molar-refractivity contribution >= 4 is 45.6 Å². The topological polar surface area (TPSA) is 53.8 Å². The van der Waals surface area contributed by atoms with E-state index in [1.165, 1.54) is 0 Å². The Bertz CT molecular complexity index is 1040. The predicted octanol–water partition coefficient (Wildman–Crippen LogP) is 4.86. The summed E-state index contributed by atoms with van der Waals surface area (Å²) in [5.74, 6) is 0.859. The average molecular weight is 463 g/mol. The van der Waals surface area contributed by atoms with Gasteiger partial charge in [-0.05, 0) is 60.7 Å². The van der Waals surface area contributed by atoms with Crippen LogP contribution in [-0.2, 0) is 16.6 Å². The number of carbonyl (C=O) groups is 1. The predicted molar refractivity (Wildman–Crippen MR) is 120 cm³/mol. The highest BCUT2D eigenvalue weighted by molar-refractivity contribution is 7.84. The first-order valence-electron chi connectivity index (χ1n) is 9.52. The summed E-state index contributed by atoms with van der Waals surface area (Å²) in [4.78, 5) is 17.5. The van der Waals surface area contributed by atoms with E-state index < -0.39 is 10.8 Å². The van der Waals surface area contributed by atoms with E-state index >= 15 is 0 Å². The molecule has 1 amide bonds. The monoisotopic (exact) mass is 462 g/mol. The molecule has 2 heterocycles. The van der Waals surface area contributed by atoms with Crippen LogP contribution >= 0.6 is 23.2 Å². The smallest absolute Gasteiger partial charge is 0.289 e. The number of hydrogen-bond acceptors (Lipinski definition) is 4. The molecule has 1 aliphatic heterocycles. The van der Waals surface area contributed by atoms with Gasteiger partial charge in [0.25, 0.3) is 5.91 Å². The molecule has 1 aliphatic rings. The molecular weight excluding hydrogens is 443 g/mol. The zero-order valence-corrected chi connectivity index (χ0v) is 18.4. The minimum absolute atomic E-state index is 0.144. The molecule has 3 aromatic rings. The Morgan fingerprint density at radius 1 is 0.867 bits per heavy atom. The van der Waals surface area contributed by atoms with Gasteiger partial charge in [-0.3, -0.25) is 9.00 Å². The molecule has 5 nitrogen and oxygen atoms in total. The van der Waals surface area contributed by atoms with Crippen LogP contribution < -0.4 is 4.90 Å². The molecule has 1 atom stereocenters. The summed E-state index contributed by atoms with van der Waals surface area (Å²) >= 11 is 11.8. The van der Waals surface area contributed by atoms with Crippen LogP contribution in [0.25, 0.3) is 0 Å². The van der Waals surface area contributed by atoms with Gasteiger partial charge in [0.15, 0.2) is 5.76 Å². The molecule has 156 valence electrons. The fourth-order valence-corrected chi connectivity index (χ4v) is 4.62. The van der Waals surface area contributed by atoms with E-state index in [2.05, 4.69) is 4.90 Å². The van der Waals surface area contributed by atoms with Gasteiger partial charge < -0.3 is 14.2 Å². The average Bonchev–Trinajstić information content (AvgIpc) is 3.23. The first-order chi connectivity index (χ1) is 14.5. The van der Waals surface area contributed by atoms with Crippen molar-refractivity contribution in [2.24, 2.45) is 0 Å². The number of hydrogen-bond donors (Lipinski definition) is 0. The van der Waals surface area contributed by atoms with Crippen molar-refractivity contribution in [2.45, 2.75) is 10.6 Å². The van der Waals surface area contributed by atoms with E-state index in [9.17, 15) is 9.00 Å². The SMILES string of the molecule is O=C(c1ccc(C[S@@](=O)c2ccc(Cl)cc2)o1)N1CCN(c2ccc(Cl)cc2)CC1. The van der Waals surface area contributed by atoms with Crippen molar-refractivity contribution in [3.63, 3.8) is 0 Å². The summed E-state index contributed by atoms with van der Waals surface area (Å²) in [5, 5.41) is 1.30. The standard InChI is InChI=1S/C22H20Cl2N2O3S/c23-16-1-5-18(6-2-16)25-11-13-26(14-12-25)22(27)21-10-7-19(29-21)15-30(28)20-8-3-17(24)4-9-20/h1-10H,11-15H2/t30-/m1/s1. The Morgan fingerprint density at radius 3 is 2.10 bits per heavy atom. The van der Waals surface area contributed by atoms with E-state index in [4.69, 9.17) is 27.6 Å². The minimum atomic E-state index is -1.27. The summed E-state index contributed by atoms with van der Waals surface area (Å²) in [6.45, 7) is 2.69. The lowest BCUT2D eigenvalue weighted by Crippen LogP contribution is -2.48. The van der Waals surface area contributed by atoms with Crippen LogP contribution in [0.3, 0.4) is 0 Å². The molecule has 0 unspecified atom stereocenters. The molecule has 2 aromatic carbocycles. The third kappa shape index (κ3) is 4.89. The summed E-state index contributed by atoms with van der Waals surface area (Å²) in [6, 6.07) is 17.9. The number of furan rings is 1.